The Morgan fingerprint density at radius 3 is 2.00 bits per heavy atom. The van der Waals surface area contributed by atoms with Gasteiger partial charge in [-0.2, -0.15) is 0 Å². The third-order valence-corrected chi connectivity index (χ3v) is 8.03. The molecule has 3 aliphatic rings. The average Bonchev–Trinajstić information content (AvgIpc) is 2.92. The van der Waals surface area contributed by atoms with E-state index in [9.17, 15) is 46.0 Å². The smallest absolute Gasteiger partial charge is 0.305 e. The van der Waals surface area contributed by atoms with E-state index in [1.807, 2.05) is 0 Å². The largest absolute Gasteiger partial charge is 0.508 e. The summed E-state index contributed by atoms with van der Waals surface area (Å²) in [4.78, 5) is 0. The fourth-order valence-electron chi connectivity index (χ4n) is 6.09. The van der Waals surface area contributed by atoms with Crippen LogP contribution in [0.1, 0.15) is 39.8 Å². The van der Waals surface area contributed by atoms with Gasteiger partial charge in [-0.15, -0.1) is 0 Å². The number of aliphatic hydroxyl groups excluding tert-OH is 2. The second-order valence-electron chi connectivity index (χ2n) is 10.5. The highest BCUT2D eigenvalue weighted by Gasteiger charge is 2.60. The zero-order chi connectivity index (χ0) is 29.7. The van der Waals surface area contributed by atoms with E-state index in [0.29, 0.717) is 5.56 Å². The molecule has 2 bridgehead atoms. The van der Waals surface area contributed by atoms with Crippen LogP contribution in [0.4, 0.5) is 0 Å². The van der Waals surface area contributed by atoms with E-state index < -0.39 is 53.0 Å². The van der Waals surface area contributed by atoms with E-state index in [2.05, 4.69) is 0 Å². The maximum atomic E-state index is 11.9. The highest BCUT2D eigenvalue weighted by atomic mass is 16.7. The van der Waals surface area contributed by atoms with E-state index in [-0.39, 0.29) is 63.2 Å². The predicted octanol–water partition coefficient (Wildman–Crippen LogP) is 2.79. The summed E-state index contributed by atoms with van der Waals surface area (Å²) < 4.78 is 18.6. The van der Waals surface area contributed by atoms with Crippen molar-refractivity contribution in [3.63, 3.8) is 0 Å². The quantitative estimate of drug-likeness (QED) is 0.158. The first-order chi connectivity index (χ1) is 20.0. The average molecular weight is 577 g/mol. The lowest BCUT2D eigenvalue weighted by Gasteiger charge is -2.50. The molecule has 0 radical (unpaired) electrons. The summed E-state index contributed by atoms with van der Waals surface area (Å²) in [5.74, 6) is -6.11. The number of phenols is 7. The monoisotopic (exact) mass is 576 g/mol. The Hall–Kier alpha value is -5.20. The maximum absolute atomic E-state index is 11.9. The summed E-state index contributed by atoms with van der Waals surface area (Å²) in [6, 6.07) is 11.1. The van der Waals surface area contributed by atoms with Crippen molar-refractivity contribution in [1.29, 1.82) is 0 Å². The summed E-state index contributed by atoms with van der Waals surface area (Å²) >= 11 is 0. The Balaban J connectivity index is 1.47. The van der Waals surface area contributed by atoms with Crippen molar-refractivity contribution in [1.82, 2.24) is 0 Å². The molecule has 0 aromatic heterocycles. The number of aromatic hydroxyl groups is 7. The van der Waals surface area contributed by atoms with Gasteiger partial charge in [0.25, 0.3) is 0 Å². The first-order valence-electron chi connectivity index (χ1n) is 12.9. The molecule has 12 nitrogen and oxygen atoms in total. The molecular weight excluding hydrogens is 552 g/mol. The topological polar surface area (TPSA) is 210 Å². The second-order valence-corrected chi connectivity index (χ2v) is 10.5. The number of fused-ring (bicyclic) bond motifs is 8. The number of hydrogen-bond acceptors (Lipinski definition) is 12. The Labute approximate surface area is 236 Å². The van der Waals surface area contributed by atoms with Crippen molar-refractivity contribution in [2.45, 2.75) is 36.4 Å². The molecule has 4 aromatic rings. The molecule has 5 atom stereocenters. The van der Waals surface area contributed by atoms with Gasteiger partial charge in [0.05, 0.1) is 12.0 Å². The molecule has 12 heteroatoms. The van der Waals surface area contributed by atoms with E-state index in [0.717, 1.165) is 12.1 Å². The number of hydrogen-bond donors (Lipinski definition) is 9. The van der Waals surface area contributed by atoms with Gasteiger partial charge in [-0.05, 0) is 35.9 Å². The van der Waals surface area contributed by atoms with Gasteiger partial charge in [-0.1, -0.05) is 6.07 Å². The van der Waals surface area contributed by atoms with Crippen LogP contribution in [0.15, 0.2) is 54.6 Å². The van der Waals surface area contributed by atoms with Gasteiger partial charge in [0, 0.05) is 46.9 Å². The third kappa shape index (κ3) is 3.49. The van der Waals surface area contributed by atoms with Gasteiger partial charge in [0.15, 0.2) is 23.0 Å². The Morgan fingerprint density at radius 1 is 0.643 bits per heavy atom. The van der Waals surface area contributed by atoms with Crippen LogP contribution in [0.5, 0.6) is 57.5 Å². The number of aliphatic hydroxyl groups is 2. The van der Waals surface area contributed by atoms with Crippen LogP contribution in [0.25, 0.3) is 0 Å². The second kappa shape index (κ2) is 8.65. The van der Waals surface area contributed by atoms with Gasteiger partial charge in [-0.25, -0.2) is 0 Å². The molecule has 42 heavy (non-hydrogen) atoms. The van der Waals surface area contributed by atoms with E-state index in [4.69, 9.17) is 14.2 Å². The molecule has 0 fully saturated rings. The fourth-order valence-corrected chi connectivity index (χ4v) is 6.09. The van der Waals surface area contributed by atoms with Gasteiger partial charge in [0.2, 0.25) is 0 Å². The summed E-state index contributed by atoms with van der Waals surface area (Å²) in [5, 5.41) is 95.1. The van der Waals surface area contributed by atoms with Gasteiger partial charge in [0.1, 0.15) is 46.7 Å². The Bertz CT molecular complexity index is 1790. The number of rotatable bonds is 2. The highest BCUT2D eigenvalue weighted by Crippen LogP contribution is 2.62. The minimum Gasteiger partial charge on any atom is -0.508 e. The van der Waals surface area contributed by atoms with Crippen LogP contribution in [-0.4, -0.2) is 58.2 Å². The lowest BCUT2D eigenvalue weighted by molar-refractivity contribution is -0.219. The molecular formula is C30H24O12. The van der Waals surface area contributed by atoms with Crippen LogP contribution in [0, 0.1) is 0 Å². The zero-order valence-corrected chi connectivity index (χ0v) is 21.5. The molecule has 216 valence electrons. The fraction of sp³-hybridized carbons (Fsp3) is 0.200. The van der Waals surface area contributed by atoms with Crippen LogP contribution >= 0.6 is 0 Å². The zero-order valence-electron chi connectivity index (χ0n) is 21.5. The molecule has 1 unspecified atom stereocenters. The molecule has 4 aromatic carbocycles. The summed E-state index contributed by atoms with van der Waals surface area (Å²) in [6.45, 7) is 0. The summed E-state index contributed by atoms with van der Waals surface area (Å²) in [6.07, 6.45) is -4.00. The van der Waals surface area contributed by atoms with E-state index in [1.54, 1.807) is 0 Å². The van der Waals surface area contributed by atoms with E-state index >= 15 is 0 Å². The minimum atomic E-state index is -2.09. The third-order valence-electron chi connectivity index (χ3n) is 8.03. The standard InChI is InChI=1S/C30H24O12/c31-13-7-20(37)24-22(8-13)41-30(12-2-4-16(33)19(36)6-12)29(39)26(24)25-23(42-30)10-17(34)14-9-21(38)27(40-28(14)25)11-1-3-15(32)18(35)5-11/h1-8,10,21,26-27,29,31-39H,9H2/t21-,26+,27+,29?,30-/m0/s1. The van der Waals surface area contributed by atoms with Crippen molar-refractivity contribution in [2.24, 2.45) is 0 Å². The lowest BCUT2D eigenvalue weighted by atomic mass is 9.74. The minimum absolute atomic E-state index is 0.0177. The van der Waals surface area contributed by atoms with Crippen LogP contribution in [0.2, 0.25) is 0 Å². The molecule has 3 heterocycles. The lowest BCUT2D eigenvalue weighted by Crippen LogP contribution is -2.57. The number of benzene rings is 4. The van der Waals surface area contributed by atoms with Crippen molar-refractivity contribution < 1.29 is 60.2 Å². The first kappa shape index (κ1) is 25.7. The molecule has 0 saturated heterocycles. The molecule has 0 spiro atoms. The summed E-state index contributed by atoms with van der Waals surface area (Å²) in [5.41, 5.74) is 0.842. The van der Waals surface area contributed by atoms with Crippen molar-refractivity contribution in [3.8, 4) is 57.5 Å². The molecule has 9 N–H and O–H groups in total. The molecule has 0 aliphatic carbocycles. The molecule has 0 amide bonds. The Morgan fingerprint density at radius 2 is 1.31 bits per heavy atom. The molecule has 3 aliphatic heterocycles. The van der Waals surface area contributed by atoms with Crippen LogP contribution in [0.3, 0.4) is 0 Å². The molecule has 0 saturated carbocycles. The number of phenolic OH excluding ortho intramolecular Hbond substituents is 7. The molecule has 7 rings (SSSR count). The Kier molecular flexibility index (Phi) is 5.30. The van der Waals surface area contributed by atoms with Crippen molar-refractivity contribution in [3.05, 3.63) is 82.4 Å². The number of ether oxygens (including phenoxy) is 3. The summed E-state index contributed by atoms with van der Waals surface area (Å²) in [7, 11) is 0. The first-order valence-corrected chi connectivity index (χ1v) is 12.9. The maximum Gasteiger partial charge on any atom is 0.305 e. The normalized spacial score (nSPS) is 25.2. The van der Waals surface area contributed by atoms with E-state index in [1.165, 1.54) is 42.5 Å². The van der Waals surface area contributed by atoms with Gasteiger partial charge < -0.3 is 60.2 Å². The SMILES string of the molecule is Oc1cc(O)c2c(c1)O[C@@]1(c3ccc(O)c(O)c3)Oc3cc(O)c4c(c3[C@@H]2C1O)O[C@H](c1ccc(O)c(O)c1)[C@@H](O)C4. The van der Waals surface area contributed by atoms with Crippen LogP contribution in [-0.2, 0) is 12.2 Å². The van der Waals surface area contributed by atoms with Crippen molar-refractivity contribution >= 4 is 0 Å². The predicted molar refractivity (Wildman–Crippen MR) is 141 cm³/mol. The highest BCUT2D eigenvalue weighted by molar-refractivity contribution is 5.68. The van der Waals surface area contributed by atoms with Gasteiger partial charge >= 0.3 is 5.79 Å². The van der Waals surface area contributed by atoms with Crippen LogP contribution < -0.4 is 14.2 Å². The van der Waals surface area contributed by atoms with Crippen molar-refractivity contribution in [2.75, 3.05) is 0 Å². The van der Waals surface area contributed by atoms with Gasteiger partial charge in [-0.3, -0.25) is 0 Å².